The van der Waals surface area contributed by atoms with Gasteiger partial charge in [-0.1, -0.05) is 52.1 Å². The fourth-order valence-electron chi connectivity index (χ4n) is 5.17. The van der Waals surface area contributed by atoms with Crippen molar-refractivity contribution in [1.29, 1.82) is 0 Å². The van der Waals surface area contributed by atoms with Crippen LogP contribution in [0.4, 0.5) is 0 Å². The Morgan fingerprint density at radius 2 is 1.83 bits per heavy atom. The molecule has 1 N–H and O–H groups in total. The number of allylic oxidation sites excluding steroid dienone is 3. The van der Waals surface area contributed by atoms with Crippen LogP contribution in [-0.2, 0) is 26.7 Å². The number of imidazole rings is 2. The molecule has 5 heterocycles. The van der Waals surface area contributed by atoms with Crippen LogP contribution < -0.4 is 5.32 Å². The lowest BCUT2D eigenvalue weighted by atomic mass is 10.1. The van der Waals surface area contributed by atoms with Crippen molar-refractivity contribution in [2.45, 2.75) is 79.9 Å². The van der Waals surface area contributed by atoms with Crippen molar-refractivity contribution in [3.05, 3.63) is 108 Å². The minimum atomic E-state index is 0.465. The lowest BCUT2D eigenvalue weighted by Crippen LogP contribution is -2.13. The van der Waals surface area contributed by atoms with Gasteiger partial charge < -0.3 is 14.3 Å². The smallest absolute Gasteiger partial charge is 0.153 e. The molecule has 0 unspecified atom stereocenters. The molecule has 0 aromatic carbocycles. The fourth-order valence-corrected chi connectivity index (χ4v) is 5.17. The molecule has 5 aromatic rings. The van der Waals surface area contributed by atoms with Crippen LogP contribution in [0, 0.1) is 0 Å². The maximum Gasteiger partial charge on any atom is 0.153 e. The summed E-state index contributed by atoms with van der Waals surface area (Å²) in [5, 5.41) is 16.4. The number of nitrogens with zero attached hydrogens (tertiary/aromatic N) is 9. The number of aryl methyl sites for hydroxylation is 1. The molecule has 11 nitrogen and oxygen atoms in total. The summed E-state index contributed by atoms with van der Waals surface area (Å²) in [5.74, 6) is 0.589. The highest BCUT2D eigenvalue weighted by Gasteiger charge is 2.25. The molecule has 1 saturated carbocycles. The first-order chi connectivity index (χ1) is 22.3. The number of nitrogens with one attached hydrogen (secondary N) is 1. The summed E-state index contributed by atoms with van der Waals surface area (Å²) in [6, 6.07) is 2.22. The van der Waals surface area contributed by atoms with E-state index in [1.807, 2.05) is 71.0 Å². The highest BCUT2D eigenvalue weighted by molar-refractivity contribution is 5.73. The average molecular weight is 623 g/mol. The van der Waals surface area contributed by atoms with E-state index >= 15 is 0 Å². The van der Waals surface area contributed by atoms with Crippen molar-refractivity contribution < 1.29 is 4.79 Å². The zero-order chi connectivity index (χ0) is 33.4. The Labute approximate surface area is 271 Å². The molecule has 0 aliphatic heterocycles. The maximum absolute atomic E-state index is 11.1. The lowest BCUT2D eigenvalue weighted by molar-refractivity contribution is 0.112. The van der Waals surface area contributed by atoms with Crippen molar-refractivity contribution in [3.8, 4) is 0 Å². The third kappa shape index (κ3) is 7.59. The first kappa shape index (κ1) is 33.8. The predicted molar refractivity (Wildman–Crippen MR) is 183 cm³/mol. The Hall–Kier alpha value is -5.06. The summed E-state index contributed by atoms with van der Waals surface area (Å²) >= 11 is 0. The molecule has 46 heavy (non-hydrogen) atoms. The standard InChI is InChI=1S/C31H34N10O.2C2H6/c1-6-20(2)21(3)30-28(33-19-38(30)5)11-32-22(4)29-17-41(37-36-29)16-27-15-39-13-25(24-7-8-24)9-26(31(39)35-27)14-40-12-23(18-42)10-34-40;2*1-2/h6,9-10,12-13,15,17-19,24,32H,1,4,7-8,11,14,16H2,2-3,5H3;2*1-2H3/b21-20-;;. The van der Waals surface area contributed by atoms with Crippen molar-refractivity contribution in [1.82, 2.24) is 49.0 Å². The lowest BCUT2D eigenvalue weighted by Gasteiger charge is -2.11. The minimum absolute atomic E-state index is 0.465. The van der Waals surface area contributed by atoms with Gasteiger partial charge in [-0.25, -0.2) is 14.6 Å². The second kappa shape index (κ2) is 15.3. The average Bonchev–Trinajstić information content (AvgIpc) is 3.38. The number of carbonyl (C=O) groups excluding carboxylic acids is 1. The molecule has 0 atom stereocenters. The monoisotopic (exact) mass is 622 g/mol. The Kier molecular flexibility index (Phi) is 11.2. The fraction of sp³-hybridized carbons (Fsp3) is 0.371. The molecule has 0 amide bonds. The minimum Gasteiger partial charge on any atom is -0.378 e. The van der Waals surface area contributed by atoms with Crippen molar-refractivity contribution in [2.75, 3.05) is 0 Å². The Morgan fingerprint density at radius 1 is 1.07 bits per heavy atom. The Morgan fingerprint density at radius 3 is 2.50 bits per heavy atom. The Bertz CT molecular complexity index is 1840. The normalized spacial score (nSPS) is 12.8. The molecule has 1 aliphatic carbocycles. The second-order valence-electron chi connectivity index (χ2n) is 10.9. The molecular weight excluding hydrogens is 576 g/mol. The quantitative estimate of drug-likeness (QED) is 0.126. The largest absolute Gasteiger partial charge is 0.378 e. The number of pyridine rings is 1. The third-order valence-corrected chi connectivity index (χ3v) is 7.78. The van der Waals surface area contributed by atoms with E-state index in [2.05, 4.69) is 62.5 Å². The molecule has 0 radical (unpaired) electrons. The van der Waals surface area contributed by atoms with E-state index in [1.54, 1.807) is 21.8 Å². The van der Waals surface area contributed by atoms with Crippen molar-refractivity contribution in [2.24, 2.45) is 7.05 Å². The highest BCUT2D eigenvalue weighted by Crippen LogP contribution is 2.40. The Balaban J connectivity index is 0.00000116. The molecular formula is C35H46N10O. The van der Waals surface area contributed by atoms with Crippen molar-refractivity contribution >= 4 is 23.2 Å². The van der Waals surface area contributed by atoms with Gasteiger partial charge in [-0.05, 0) is 55.4 Å². The van der Waals surface area contributed by atoms with Gasteiger partial charge >= 0.3 is 0 Å². The summed E-state index contributed by atoms with van der Waals surface area (Å²) in [4.78, 5) is 20.6. The van der Waals surface area contributed by atoms with E-state index in [1.165, 1.54) is 18.4 Å². The van der Waals surface area contributed by atoms with Gasteiger partial charge in [-0.2, -0.15) is 5.10 Å². The van der Waals surface area contributed by atoms with Crippen LogP contribution in [-0.4, -0.2) is 50.0 Å². The number of hydrogen-bond acceptors (Lipinski definition) is 7. The highest BCUT2D eigenvalue weighted by atomic mass is 16.1. The van der Waals surface area contributed by atoms with Gasteiger partial charge in [0.2, 0.25) is 0 Å². The van der Waals surface area contributed by atoms with E-state index in [-0.39, 0.29) is 0 Å². The van der Waals surface area contributed by atoms with Crippen LogP contribution in [0.5, 0.6) is 0 Å². The van der Waals surface area contributed by atoms with Crippen molar-refractivity contribution in [3.63, 3.8) is 0 Å². The summed E-state index contributed by atoms with van der Waals surface area (Å²) in [6.45, 7) is 21.7. The summed E-state index contributed by atoms with van der Waals surface area (Å²) in [6.07, 6.45) is 16.3. The van der Waals surface area contributed by atoms with Crippen LogP contribution in [0.3, 0.4) is 0 Å². The first-order valence-corrected chi connectivity index (χ1v) is 15.9. The number of hydrogen-bond donors (Lipinski definition) is 1. The molecule has 1 aliphatic rings. The van der Waals surface area contributed by atoms with Crippen LogP contribution in [0.25, 0.3) is 16.9 Å². The van der Waals surface area contributed by atoms with Gasteiger partial charge in [0.05, 0.1) is 66.7 Å². The molecule has 1 fully saturated rings. The number of fused-ring (bicyclic) bond motifs is 1. The summed E-state index contributed by atoms with van der Waals surface area (Å²) in [7, 11) is 1.99. The van der Waals surface area contributed by atoms with Crippen LogP contribution >= 0.6 is 0 Å². The van der Waals surface area contributed by atoms with Gasteiger partial charge in [-0.3, -0.25) is 9.48 Å². The number of rotatable bonds is 12. The van der Waals surface area contributed by atoms with E-state index in [0.717, 1.165) is 45.7 Å². The molecule has 6 rings (SSSR count). The predicted octanol–water partition coefficient (Wildman–Crippen LogP) is 6.43. The molecule has 0 saturated heterocycles. The summed E-state index contributed by atoms with van der Waals surface area (Å²) in [5.41, 5.74) is 10.2. The van der Waals surface area contributed by atoms with Gasteiger partial charge in [0.1, 0.15) is 11.3 Å². The second-order valence-corrected chi connectivity index (χ2v) is 10.9. The zero-order valence-corrected chi connectivity index (χ0v) is 28.2. The number of aromatic nitrogens is 9. The van der Waals surface area contributed by atoms with Gasteiger partial charge in [0, 0.05) is 31.2 Å². The SMILES string of the molecule is C=C/C(C)=C(/C)c1c(CNC(=C)c2cn(Cc3cn4cc(C5CC5)cc(Cn5cc(C=O)cn5)c4n3)nn2)ncn1C.CC.CC. The van der Waals surface area contributed by atoms with Crippen LogP contribution in [0.15, 0.2) is 68.2 Å². The molecule has 5 aromatic heterocycles. The zero-order valence-electron chi connectivity index (χ0n) is 28.2. The van der Waals surface area contributed by atoms with Crippen LogP contribution in [0.2, 0.25) is 0 Å². The number of carbonyl (C=O) groups is 1. The molecule has 0 bridgehead atoms. The molecule has 11 heteroatoms. The third-order valence-electron chi connectivity index (χ3n) is 7.78. The molecule has 0 spiro atoms. The summed E-state index contributed by atoms with van der Waals surface area (Å²) < 4.78 is 7.65. The van der Waals surface area contributed by atoms with E-state index < -0.39 is 0 Å². The van der Waals surface area contributed by atoms with E-state index in [0.29, 0.717) is 42.5 Å². The van der Waals surface area contributed by atoms with E-state index in [4.69, 9.17) is 4.98 Å². The first-order valence-electron chi connectivity index (χ1n) is 15.9. The molecule has 242 valence electrons. The van der Waals surface area contributed by atoms with E-state index in [9.17, 15) is 4.79 Å². The van der Waals surface area contributed by atoms with Gasteiger partial charge in [0.25, 0.3) is 0 Å². The van der Waals surface area contributed by atoms with Gasteiger partial charge in [0.15, 0.2) is 6.29 Å². The maximum atomic E-state index is 11.1. The van der Waals surface area contributed by atoms with Crippen LogP contribution in [0.1, 0.15) is 105 Å². The number of aldehydes is 1. The topological polar surface area (TPSA) is 113 Å². The van der Waals surface area contributed by atoms with Gasteiger partial charge in [-0.15, -0.1) is 5.10 Å².